The van der Waals surface area contributed by atoms with E-state index in [-0.39, 0.29) is 29.3 Å². The van der Waals surface area contributed by atoms with E-state index < -0.39 is 5.82 Å². The third-order valence-electron chi connectivity index (χ3n) is 6.64. The van der Waals surface area contributed by atoms with Crippen molar-refractivity contribution in [2.45, 2.75) is 32.8 Å². The molecule has 0 spiro atoms. The number of aryl methyl sites for hydroxylation is 1. The van der Waals surface area contributed by atoms with E-state index in [0.29, 0.717) is 30.5 Å². The minimum atomic E-state index is -0.520. The molecule has 2 aliphatic heterocycles. The molecule has 2 fully saturated rings. The van der Waals surface area contributed by atoms with Crippen LogP contribution in [0.25, 0.3) is 4.85 Å². The summed E-state index contributed by atoms with van der Waals surface area (Å²) < 4.78 is 26.7. The summed E-state index contributed by atoms with van der Waals surface area (Å²) in [5.41, 5.74) is 2.30. The van der Waals surface area contributed by atoms with Gasteiger partial charge in [0.25, 0.3) is 0 Å². The molecule has 0 amide bonds. The van der Waals surface area contributed by atoms with Crippen molar-refractivity contribution >= 4 is 23.1 Å². The minimum absolute atomic E-state index is 0.0782. The van der Waals surface area contributed by atoms with Crippen LogP contribution >= 0.6 is 0 Å². The second-order valence-corrected chi connectivity index (χ2v) is 9.24. The molecule has 36 heavy (non-hydrogen) atoms. The molecular weight excluding hydrogens is 461 g/mol. The van der Waals surface area contributed by atoms with Crippen molar-refractivity contribution in [3.8, 4) is 5.88 Å². The highest BCUT2D eigenvalue weighted by molar-refractivity contribution is 5.64. The van der Waals surface area contributed by atoms with E-state index in [1.165, 1.54) is 18.5 Å². The van der Waals surface area contributed by atoms with Gasteiger partial charge in [0.15, 0.2) is 5.69 Å². The summed E-state index contributed by atoms with van der Waals surface area (Å²) in [6.45, 7) is 13.6. The fraction of sp³-hybridized carbons (Fsp3) is 0.423. The molecule has 2 saturated heterocycles. The van der Waals surface area contributed by atoms with Crippen LogP contribution in [0.1, 0.15) is 24.5 Å². The highest BCUT2D eigenvalue weighted by Crippen LogP contribution is 2.34. The summed E-state index contributed by atoms with van der Waals surface area (Å²) >= 11 is 0. The summed E-state index contributed by atoms with van der Waals surface area (Å²) in [5.74, 6) is 1.38. The molecule has 186 valence electrons. The lowest BCUT2D eigenvalue weighted by atomic mass is 9.84. The lowest BCUT2D eigenvalue weighted by molar-refractivity contribution is -0.0771. The topological polar surface area (TPSA) is 89.7 Å². The van der Waals surface area contributed by atoms with Crippen molar-refractivity contribution in [2.24, 2.45) is 11.8 Å². The van der Waals surface area contributed by atoms with Crippen LogP contribution in [0.2, 0.25) is 0 Å². The normalized spacial score (nSPS) is 21.1. The Morgan fingerprint density at radius 3 is 2.58 bits per heavy atom. The summed E-state index contributed by atoms with van der Waals surface area (Å²) in [5, 5.41) is 3.00. The van der Waals surface area contributed by atoms with Gasteiger partial charge in [-0.3, -0.25) is 0 Å². The van der Waals surface area contributed by atoms with E-state index in [9.17, 15) is 4.39 Å². The average molecular weight is 490 g/mol. The van der Waals surface area contributed by atoms with Crippen LogP contribution < -0.4 is 15.0 Å². The van der Waals surface area contributed by atoms with Gasteiger partial charge in [-0.15, -0.1) is 0 Å². The molecule has 10 heteroatoms. The van der Waals surface area contributed by atoms with Gasteiger partial charge in [0.05, 0.1) is 31.0 Å². The van der Waals surface area contributed by atoms with Gasteiger partial charge in [0, 0.05) is 37.3 Å². The molecule has 1 N–H and O–H groups in total. The molecule has 2 bridgehead atoms. The van der Waals surface area contributed by atoms with E-state index in [4.69, 9.17) is 16.0 Å². The summed E-state index contributed by atoms with van der Waals surface area (Å²) in [4.78, 5) is 23.3. The SMILES string of the molecule is [C-]#[N+]c1ccc(Nc2ncnc(OC3C4COCC3CN(c3ncc(CCC)cn3)C4)c2C)c(F)c1. The van der Waals surface area contributed by atoms with Gasteiger partial charge < -0.3 is 19.7 Å². The van der Waals surface area contributed by atoms with Crippen molar-refractivity contribution in [1.82, 2.24) is 19.9 Å². The lowest BCUT2D eigenvalue weighted by Gasteiger charge is -2.46. The molecule has 4 heterocycles. The van der Waals surface area contributed by atoms with Crippen LogP contribution in [0.5, 0.6) is 5.88 Å². The number of piperidine rings is 1. The van der Waals surface area contributed by atoms with Gasteiger partial charge in [-0.1, -0.05) is 19.4 Å². The third-order valence-corrected chi connectivity index (χ3v) is 6.64. The van der Waals surface area contributed by atoms with Crippen LogP contribution in [-0.4, -0.2) is 52.3 Å². The fourth-order valence-electron chi connectivity index (χ4n) is 4.79. The van der Waals surface area contributed by atoms with Crippen molar-refractivity contribution in [1.29, 1.82) is 0 Å². The largest absolute Gasteiger partial charge is 0.473 e. The van der Waals surface area contributed by atoms with Crippen LogP contribution in [0.15, 0.2) is 36.9 Å². The monoisotopic (exact) mass is 489 g/mol. The maximum Gasteiger partial charge on any atom is 0.225 e. The standard InChI is InChI=1S/C26H28FN7O2/c1-4-5-17-9-29-26(30-10-17)34-11-18-13-35-14-19(12-34)23(18)36-25-16(2)24(31-15-32-25)33-22-7-6-20(28-3)8-21(22)27/h6-10,15,18-19,23H,4-5,11-14H2,1-2H3,(H,31,32,33). The highest BCUT2D eigenvalue weighted by Gasteiger charge is 2.43. The number of nitrogens with one attached hydrogen (secondary N) is 1. The number of nitrogens with zero attached hydrogens (tertiary/aromatic N) is 6. The van der Waals surface area contributed by atoms with Gasteiger partial charge >= 0.3 is 0 Å². The van der Waals surface area contributed by atoms with Crippen molar-refractivity contribution in [3.05, 3.63) is 65.3 Å². The van der Waals surface area contributed by atoms with Gasteiger partial charge in [-0.05, 0) is 31.0 Å². The summed E-state index contributed by atoms with van der Waals surface area (Å²) in [7, 11) is 0. The van der Waals surface area contributed by atoms with E-state index in [1.807, 2.05) is 19.3 Å². The first kappa shape index (κ1) is 23.9. The maximum absolute atomic E-state index is 14.4. The molecule has 5 rings (SSSR count). The molecular formula is C26H28FN7O2. The molecule has 9 nitrogen and oxygen atoms in total. The Morgan fingerprint density at radius 1 is 1.17 bits per heavy atom. The molecule has 3 aromatic rings. The zero-order chi connectivity index (χ0) is 25.1. The van der Waals surface area contributed by atoms with E-state index in [0.717, 1.165) is 37.4 Å². The molecule has 0 radical (unpaired) electrons. The van der Waals surface area contributed by atoms with E-state index in [2.05, 4.69) is 41.9 Å². The second kappa shape index (κ2) is 10.4. The van der Waals surface area contributed by atoms with Gasteiger partial charge in [-0.25, -0.2) is 29.2 Å². The number of hydrogen-bond donors (Lipinski definition) is 1. The predicted octanol–water partition coefficient (Wildman–Crippen LogP) is 4.49. The van der Waals surface area contributed by atoms with Gasteiger partial charge in [-0.2, -0.15) is 0 Å². The number of halogens is 1. The predicted molar refractivity (Wildman–Crippen MR) is 133 cm³/mol. The van der Waals surface area contributed by atoms with Crippen molar-refractivity contribution < 1.29 is 13.9 Å². The van der Waals surface area contributed by atoms with E-state index in [1.54, 1.807) is 6.07 Å². The van der Waals surface area contributed by atoms with Crippen LogP contribution in [0.3, 0.4) is 0 Å². The van der Waals surface area contributed by atoms with Gasteiger partial charge in [0.2, 0.25) is 11.8 Å². The Hall–Kier alpha value is -3.84. The molecule has 2 unspecified atom stereocenters. The quantitative estimate of drug-likeness (QED) is 0.486. The van der Waals surface area contributed by atoms with E-state index >= 15 is 0 Å². The molecule has 1 aromatic carbocycles. The average Bonchev–Trinajstić information content (AvgIpc) is 2.88. The smallest absolute Gasteiger partial charge is 0.225 e. The summed E-state index contributed by atoms with van der Waals surface area (Å²) in [6, 6.07) is 4.28. The first-order valence-electron chi connectivity index (χ1n) is 12.1. The molecule has 2 atom stereocenters. The first-order chi connectivity index (χ1) is 17.6. The maximum atomic E-state index is 14.4. The first-order valence-corrected chi connectivity index (χ1v) is 12.1. The second-order valence-electron chi connectivity index (χ2n) is 9.24. The third kappa shape index (κ3) is 4.93. The molecule has 0 saturated carbocycles. The van der Waals surface area contributed by atoms with Crippen LogP contribution in [-0.2, 0) is 11.2 Å². The number of anilines is 3. The molecule has 2 aliphatic rings. The number of aromatic nitrogens is 4. The Kier molecular flexibility index (Phi) is 6.91. The molecule has 2 aromatic heterocycles. The molecule has 0 aliphatic carbocycles. The van der Waals surface area contributed by atoms with Crippen molar-refractivity contribution in [2.75, 3.05) is 36.5 Å². The zero-order valence-electron chi connectivity index (χ0n) is 20.3. The summed E-state index contributed by atoms with van der Waals surface area (Å²) in [6.07, 6.45) is 7.20. The number of hydrogen-bond acceptors (Lipinski definition) is 8. The zero-order valence-corrected chi connectivity index (χ0v) is 20.3. The number of ether oxygens (including phenoxy) is 2. The van der Waals surface area contributed by atoms with Crippen molar-refractivity contribution in [3.63, 3.8) is 0 Å². The van der Waals surface area contributed by atoms with Crippen LogP contribution in [0, 0.1) is 31.1 Å². The van der Waals surface area contributed by atoms with Gasteiger partial charge in [0.1, 0.15) is 24.1 Å². The number of rotatable bonds is 7. The lowest BCUT2D eigenvalue weighted by Crippen LogP contribution is -2.58. The minimum Gasteiger partial charge on any atom is -0.473 e. The number of fused-ring (bicyclic) bond motifs is 2. The Bertz CT molecular complexity index is 1250. The Labute approximate surface area is 209 Å². The number of benzene rings is 1. The highest BCUT2D eigenvalue weighted by atomic mass is 19.1. The Morgan fingerprint density at radius 2 is 1.92 bits per heavy atom. The van der Waals surface area contributed by atoms with Crippen LogP contribution in [0.4, 0.5) is 27.5 Å². The Balaban J connectivity index is 1.31. The fourth-order valence-corrected chi connectivity index (χ4v) is 4.79.